The van der Waals surface area contributed by atoms with Gasteiger partial charge >= 0.3 is 0 Å². The van der Waals surface area contributed by atoms with Crippen LogP contribution in [0.4, 0.5) is 8.78 Å². The zero-order valence-corrected chi connectivity index (χ0v) is 17.6. The molecule has 2 unspecified atom stereocenters. The molecule has 158 valence electrons. The molecule has 5 nitrogen and oxygen atoms in total. The minimum atomic E-state index is -2.66. The van der Waals surface area contributed by atoms with Gasteiger partial charge in [0.05, 0.1) is 31.9 Å². The van der Waals surface area contributed by atoms with Crippen LogP contribution in [0.25, 0.3) is 11.3 Å². The van der Waals surface area contributed by atoms with E-state index in [4.69, 9.17) is 9.47 Å². The SMILES string of the molecule is COc1ccc(-c2csc(C(C#N)C(=O)c3ccc(C4CC4(F)F)cc3)n2)cc1OC. The molecule has 0 bridgehead atoms. The smallest absolute Gasteiger partial charge is 0.255 e. The van der Waals surface area contributed by atoms with Crippen molar-refractivity contribution in [3.8, 4) is 28.8 Å². The molecule has 0 saturated heterocycles. The molecule has 8 heteroatoms. The Morgan fingerprint density at radius 2 is 1.87 bits per heavy atom. The lowest BCUT2D eigenvalue weighted by atomic mass is 9.97. The highest BCUT2D eigenvalue weighted by atomic mass is 32.1. The Morgan fingerprint density at radius 1 is 1.19 bits per heavy atom. The van der Waals surface area contributed by atoms with Crippen molar-refractivity contribution in [1.29, 1.82) is 5.26 Å². The van der Waals surface area contributed by atoms with E-state index in [2.05, 4.69) is 4.98 Å². The Kier molecular flexibility index (Phi) is 5.46. The van der Waals surface area contributed by atoms with E-state index < -0.39 is 23.5 Å². The number of benzene rings is 2. The molecule has 1 aromatic heterocycles. The van der Waals surface area contributed by atoms with E-state index >= 15 is 0 Å². The lowest BCUT2D eigenvalue weighted by Crippen LogP contribution is -2.11. The van der Waals surface area contributed by atoms with Gasteiger partial charge in [0.25, 0.3) is 5.92 Å². The van der Waals surface area contributed by atoms with Crippen LogP contribution >= 0.6 is 11.3 Å². The number of nitriles is 1. The number of nitrogens with zero attached hydrogens (tertiary/aromatic N) is 2. The molecule has 0 radical (unpaired) electrons. The summed E-state index contributed by atoms with van der Waals surface area (Å²) < 4.78 is 37.0. The molecule has 0 aliphatic heterocycles. The standard InChI is InChI=1S/C23H18F2N2O3S/c1-29-19-8-7-15(9-20(19)30-2)18-12-31-22(27-18)16(11-26)21(28)14-5-3-13(4-6-14)17-10-23(17,24)25/h3-9,12,16-17H,10H2,1-2H3. The van der Waals surface area contributed by atoms with Gasteiger partial charge in [-0.3, -0.25) is 4.79 Å². The predicted molar refractivity (Wildman–Crippen MR) is 112 cm³/mol. The number of methoxy groups -OCH3 is 2. The number of hydrogen-bond donors (Lipinski definition) is 0. The van der Waals surface area contributed by atoms with E-state index in [0.29, 0.717) is 33.3 Å². The first kappa shape index (κ1) is 20.9. The molecular formula is C23H18F2N2O3S. The van der Waals surface area contributed by atoms with Gasteiger partial charge in [-0.15, -0.1) is 11.3 Å². The fraction of sp³-hybridized carbons (Fsp3) is 0.261. The normalized spacial score (nSPS) is 17.5. The zero-order chi connectivity index (χ0) is 22.2. The minimum absolute atomic E-state index is 0.168. The Balaban J connectivity index is 1.56. The number of ether oxygens (including phenoxy) is 2. The third kappa shape index (κ3) is 4.01. The lowest BCUT2D eigenvalue weighted by Gasteiger charge is -2.08. The van der Waals surface area contributed by atoms with Gasteiger partial charge in [0.2, 0.25) is 0 Å². The summed E-state index contributed by atoms with van der Waals surface area (Å²) in [6, 6.07) is 13.4. The summed E-state index contributed by atoms with van der Waals surface area (Å²) in [5.74, 6) is -3.81. The summed E-state index contributed by atoms with van der Waals surface area (Å²) in [6.45, 7) is 0. The maximum Gasteiger partial charge on any atom is 0.255 e. The minimum Gasteiger partial charge on any atom is -0.493 e. The summed E-state index contributed by atoms with van der Waals surface area (Å²) in [5.41, 5.74) is 2.17. The number of hydrogen-bond acceptors (Lipinski definition) is 6. The number of ketones is 1. The van der Waals surface area contributed by atoms with E-state index in [1.807, 2.05) is 12.1 Å². The number of halogens is 2. The molecule has 2 aromatic carbocycles. The Morgan fingerprint density at radius 3 is 2.45 bits per heavy atom. The van der Waals surface area contributed by atoms with Crippen molar-refractivity contribution in [2.45, 2.75) is 24.2 Å². The Bertz CT molecular complexity index is 1170. The lowest BCUT2D eigenvalue weighted by molar-refractivity contribution is 0.0978. The van der Waals surface area contributed by atoms with Gasteiger partial charge in [-0.05, 0) is 23.8 Å². The zero-order valence-electron chi connectivity index (χ0n) is 16.8. The molecule has 1 saturated carbocycles. The first-order chi connectivity index (χ1) is 14.9. The van der Waals surface area contributed by atoms with Gasteiger partial charge in [-0.1, -0.05) is 24.3 Å². The maximum absolute atomic E-state index is 13.2. The number of alkyl halides is 2. The molecule has 1 heterocycles. The molecule has 2 atom stereocenters. The average molecular weight is 440 g/mol. The summed E-state index contributed by atoms with van der Waals surface area (Å²) in [6.07, 6.45) is -0.168. The third-order valence-electron chi connectivity index (χ3n) is 5.26. The van der Waals surface area contributed by atoms with Crippen molar-refractivity contribution in [2.24, 2.45) is 0 Å². The van der Waals surface area contributed by atoms with E-state index in [-0.39, 0.29) is 6.42 Å². The number of carbonyl (C=O) groups is 1. The monoisotopic (exact) mass is 440 g/mol. The van der Waals surface area contributed by atoms with Crippen molar-refractivity contribution in [1.82, 2.24) is 4.98 Å². The van der Waals surface area contributed by atoms with Crippen molar-refractivity contribution >= 4 is 17.1 Å². The van der Waals surface area contributed by atoms with E-state index in [0.717, 1.165) is 5.56 Å². The number of aromatic nitrogens is 1. The molecule has 0 amide bonds. The van der Waals surface area contributed by atoms with Gasteiger partial charge in [-0.25, -0.2) is 13.8 Å². The molecule has 1 aliphatic rings. The van der Waals surface area contributed by atoms with Gasteiger partial charge in [0, 0.05) is 22.9 Å². The Hall–Kier alpha value is -3.31. The largest absolute Gasteiger partial charge is 0.493 e. The second-order valence-electron chi connectivity index (χ2n) is 7.21. The molecular weight excluding hydrogens is 422 g/mol. The van der Waals surface area contributed by atoms with Crippen molar-refractivity contribution in [2.75, 3.05) is 14.2 Å². The maximum atomic E-state index is 13.2. The number of rotatable bonds is 7. The first-order valence-electron chi connectivity index (χ1n) is 9.47. The van der Waals surface area contributed by atoms with Crippen LogP contribution in [-0.2, 0) is 0 Å². The third-order valence-corrected chi connectivity index (χ3v) is 6.17. The highest BCUT2D eigenvalue weighted by Crippen LogP contribution is 2.55. The molecule has 1 aliphatic carbocycles. The van der Waals surface area contributed by atoms with Gasteiger partial charge in [0.15, 0.2) is 23.2 Å². The van der Waals surface area contributed by atoms with Gasteiger partial charge in [0.1, 0.15) is 5.01 Å². The van der Waals surface area contributed by atoms with E-state index in [1.165, 1.54) is 42.7 Å². The fourth-order valence-corrected chi connectivity index (χ4v) is 4.26. The number of carbonyl (C=O) groups excluding carboxylic acids is 1. The van der Waals surface area contributed by atoms with Crippen LogP contribution in [0.15, 0.2) is 47.8 Å². The quantitative estimate of drug-likeness (QED) is 0.458. The number of thiazole rings is 1. The second-order valence-corrected chi connectivity index (χ2v) is 8.10. The van der Waals surface area contributed by atoms with E-state index in [9.17, 15) is 18.8 Å². The predicted octanol–water partition coefficient (Wildman–Crippen LogP) is 5.44. The van der Waals surface area contributed by atoms with Crippen LogP contribution in [0.2, 0.25) is 0 Å². The van der Waals surface area contributed by atoms with Crippen LogP contribution in [0.5, 0.6) is 11.5 Å². The highest BCUT2D eigenvalue weighted by molar-refractivity contribution is 7.10. The number of Topliss-reactive ketones (excluding diaryl/α,β-unsaturated/α-hetero) is 1. The summed E-state index contributed by atoms with van der Waals surface area (Å²) in [5, 5.41) is 11.8. The molecule has 0 N–H and O–H groups in total. The summed E-state index contributed by atoms with van der Waals surface area (Å²) in [4.78, 5) is 17.4. The highest BCUT2D eigenvalue weighted by Gasteiger charge is 2.57. The van der Waals surface area contributed by atoms with E-state index in [1.54, 1.807) is 24.6 Å². The van der Waals surface area contributed by atoms with Gasteiger partial charge in [-0.2, -0.15) is 5.26 Å². The van der Waals surface area contributed by atoms with Gasteiger partial charge < -0.3 is 9.47 Å². The molecule has 31 heavy (non-hydrogen) atoms. The molecule has 4 rings (SSSR count). The van der Waals surface area contributed by atoms with Crippen LogP contribution < -0.4 is 9.47 Å². The molecule has 1 fully saturated rings. The average Bonchev–Trinajstić information content (AvgIpc) is 3.18. The van der Waals surface area contributed by atoms with Crippen molar-refractivity contribution < 1.29 is 23.0 Å². The van der Waals surface area contributed by atoms with Crippen molar-refractivity contribution in [3.63, 3.8) is 0 Å². The van der Waals surface area contributed by atoms with Crippen LogP contribution in [-0.4, -0.2) is 30.9 Å². The summed E-state index contributed by atoms with van der Waals surface area (Å²) >= 11 is 1.22. The first-order valence-corrected chi connectivity index (χ1v) is 10.4. The Labute approximate surface area is 181 Å². The van der Waals surface area contributed by atoms with Crippen LogP contribution in [0.3, 0.4) is 0 Å². The van der Waals surface area contributed by atoms with Crippen molar-refractivity contribution in [3.05, 3.63) is 64.0 Å². The summed E-state index contributed by atoms with van der Waals surface area (Å²) in [7, 11) is 3.08. The molecule has 3 aromatic rings. The second kappa shape index (κ2) is 8.08. The van der Waals surface area contributed by atoms with Crippen LogP contribution in [0, 0.1) is 11.3 Å². The van der Waals surface area contributed by atoms with Crippen LogP contribution in [0.1, 0.15) is 39.2 Å². The fourth-order valence-electron chi connectivity index (χ4n) is 3.40. The topological polar surface area (TPSA) is 72.2 Å². The molecule has 0 spiro atoms.